The van der Waals surface area contributed by atoms with Crippen molar-refractivity contribution in [3.05, 3.63) is 0 Å². The van der Waals surface area contributed by atoms with Crippen LogP contribution in [0.15, 0.2) is 0 Å². The van der Waals surface area contributed by atoms with Gasteiger partial charge < -0.3 is 14.2 Å². The van der Waals surface area contributed by atoms with Crippen LogP contribution in [0, 0.1) is 0 Å². The minimum absolute atomic E-state index is 0.0520. The Labute approximate surface area is 117 Å². The van der Waals surface area contributed by atoms with Gasteiger partial charge in [0.25, 0.3) is 0 Å². The summed E-state index contributed by atoms with van der Waals surface area (Å²) in [6.45, 7) is 5.84. The van der Waals surface area contributed by atoms with Crippen molar-refractivity contribution >= 4 is 17.9 Å². The Morgan fingerprint density at radius 2 is 1.65 bits per heavy atom. The topological polar surface area (TPSA) is 78.9 Å². The van der Waals surface area contributed by atoms with E-state index in [0.717, 1.165) is 6.92 Å². The Morgan fingerprint density at radius 3 is 2.10 bits per heavy atom. The van der Waals surface area contributed by atoms with Crippen LogP contribution < -0.4 is 0 Å². The van der Waals surface area contributed by atoms with Crippen molar-refractivity contribution in [3.63, 3.8) is 0 Å². The van der Waals surface area contributed by atoms with E-state index in [9.17, 15) is 18.8 Å². The Bertz CT molecular complexity index is 353. The molecular formula is C13H21FO6. The van der Waals surface area contributed by atoms with Gasteiger partial charge in [0.05, 0.1) is 19.6 Å². The van der Waals surface area contributed by atoms with Crippen LogP contribution >= 0.6 is 0 Å². The lowest BCUT2D eigenvalue weighted by Gasteiger charge is -2.21. The van der Waals surface area contributed by atoms with Gasteiger partial charge in [-0.1, -0.05) is 6.92 Å². The normalized spacial score (nSPS) is 14.8. The van der Waals surface area contributed by atoms with Crippen molar-refractivity contribution in [2.75, 3.05) is 13.2 Å². The zero-order valence-electron chi connectivity index (χ0n) is 12.2. The molecule has 116 valence electrons. The van der Waals surface area contributed by atoms with Crippen molar-refractivity contribution in [3.8, 4) is 0 Å². The lowest BCUT2D eigenvalue weighted by atomic mass is 10.1. The fraction of sp³-hybridized carbons (Fsp3) is 0.769. The molecule has 0 amide bonds. The van der Waals surface area contributed by atoms with E-state index < -0.39 is 36.1 Å². The summed E-state index contributed by atoms with van der Waals surface area (Å²) in [4.78, 5) is 34.5. The van der Waals surface area contributed by atoms with Gasteiger partial charge in [-0.2, -0.15) is 0 Å². The van der Waals surface area contributed by atoms with E-state index in [2.05, 4.69) is 9.47 Å². The lowest BCUT2D eigenvalue weighted by molar-refractivity contribution is -0.178. The molecule has 0 radical (unpaired) electrons. The van der Waals surface area contributed by atoms with E-state index in [0.29, 0.717) is 0 Å². The zero-order chi connectivity index (χ0) is 15.8. The van der Waals surface area contributed by atoms with Crippen LogP contribution in [0.4, 0.5) is 4.39 Å². The first-order chi connectivity index (χ1) is 9.28. The predicted octanol–water partition coefficient (Wildman–Crippen LogP) is 1.55. The second kappa shape index (κ2) is 8.50. The lowest BCUT2D eigenvalue weighted by Crippen LogP contribution is -2.39. The van der Waals surface area contributed by atoms with Crippen molar-refractivity contribution < 1.29 is 33.0 Å². The largest absolute Gasteiger partial charge is 0.466 e. The quantitative estimate of drug-likeness (QED) is 0.499. The molecule has 20 heavy (non-hydrogen) atoms. The molecule has 0 aliphatic heterocycles. The number of carbonyl (C=O) groups excluding carboxylic acids is 3. The third-order valence-corrected chi connectivity index (χ3v) is 2.55. The van der Waals surface area contributed by atoms with Gasteiger partial charge in [0.2, 0.25) is 11.8 Å². The monoisotopic (exact) mass is 292 g/mol. The number of hydrogen-bond acceptors (Lipinski definition) is 6. The summed E-state index contributed by atoms with van der Waals surface area (Å²) in [6, 6.07) is 0. The molecule has 2 unspecified atom stereocenters. The number of carbonyl (C=O) groups is 3. The highest BCUT2D eigenvalue weighted by atomic mass is 19.1. The number of esters is 3. The van der Waals surface area contributed by atoms with Crippen LogP contribution in [-0.2, 0) is 28.6 Å². The van der Waals surface area contributed by atoms with Crippen LogP contribution in [0.3, 0.4) is 0 Å². The van der Waals surface area contributed by atoms with E-state index >= 15 is 0 Å². The number of ether oxygens (including phenoxy) is 3. The minimum atomic E-state index is -2.22. The molecule has 0 bridgehead atoms. The highest BCUT2D eigenvalue weighted by Crippen LogP contribution is 2.19. The summed E-state index contributed by atoms with van der Waals surface area (Å²) in [5, 5.41) is 0. The third kappa shape index (κ3) is 5.99. The van der Waals surface area contributed by atoms with Crippen LogP contribution in [0.25, 0.3) is 0 Å². The van der Waals surface area contributed by atoms with E-state index in [1.54, 1.807) is 13.8 Å². The summed E-state index contributed by atoms with van der Waals surface area (Å²) in [7, 11) is 0. The zero-order valence-corrected chi connectivity index (χ0v) is 12.2. The van der Waals surface area contributed by atoms with E-state index in [1.807, 2.05) is 0 Å². The Hall–Kier alpha value is -1.66. The van der Waals surface area contributed by atoms with E-state index in [4.69, 9.17) is 4.74 Å². The van der Waals surface area contributed by atoms with E-state index in [1.165, 1.54) is 6.92 Å². The van der Waals surface area contributed by atoms with Crippen LogP contribution in [0.5, 0.6) is 0 Å². The summed E-state index contributed by atoms with van der Waals surface area (Å²) in [5.41, 5.74) is -2.22. The smallest absolute Gasteiger partial charge is 0.348 e. The number of rotatable bonds is 8. The number of alkyl halides is 1. The van der Waals surface area contributed by atoms with Gasteiger partial charge >= 0.3 is 17.9 Å². The van der Waals surface area contributed by atoms with Crippen molar-refractivity contribution in [2.45, 2.75) is 52.3 Å². The maximum atomic E-state index is 13.8. The highest BCUT2D eigenvalue weighted by Gasteiger charge is 2.37. The molecule has 0 aromatic heterocycles. The highest BCUT2D eigenvalue weighted by molar-refractivity contribution is 5.86. The fourth-order valence-electron chi connectivity index (χ4n) is 1.18. The molecule has 0 aliphatic rings. The predicted molar refractivity (Wildman–Crippen MR) is 67.6 cm³/mol. The molecule has 0 aromatic carbocycles. The van der Waals surface area contributed by atoms with Gasteiger partial charge in [0, 0.05) is 0 Å². The summed E-state index contributed by atoms with van der Waals surface area (Å²) in [6.07, 6.45) is -2.11. The second-order valence-electron chi connectivity index (χ2n) is 4.21. The molecular weight excluding hydrogens is 271 g/mol. The molecule has 0 saturated heterocycles. The molecule has 0 heterocycles. The van der Waals surface area contributed by atoms with Gasteiger partial charge in [-0.15, -0.1) is 0 Å². The second-order valence-corrected chi connectivity index (χ2v) is 4.21. The van der Waals surface area contributed by atoms with E-state index in [-0.39, 0.29) is 19.6 Å². The average molecular weight is 292 g/mol. The van der Waals surface area contributed by atoms with Gasteiger partial charge in [-0.05, 0) is 27.2 Å². The molecule has 0 aliphatic carbocycles. The molecule has 0 saturated carbocycles. The molecule has 0 spiro atoms. The van der Waals surface area contributed by atoms with Gasteiger partial charge in [-0.25, -0.2) is 14.0 Å². The Morgan fingerprint density at radius 1 is 1.10 bits per heavy atom. The van der Waals surface area contributed by atoms with Gasteiger partial charge in [0.1, 0.15) is 0 Å². The van der Waals surface area contributed by atoms with Gasteiger partial charge in [0.15, 0.2) is 0 Å². The molecule has 0 fully saturated rings. The first kappa shape index (κ1) is 18.3. The van der Waals surface area contributed by atoms with Crippen molar-refractivity contribution in [1.82, 2.24) is 0 Å². The molecule has 2 atom stereocenters. The summed E-state index contributed by atoms with van der Waals surface area (Å²) < 4.78 is 27.9. The average Bonchev–Trinajstić information content (AvgIpc) is 2.38. The summed E-state index contributed by atoms with van der Waals surface area (Å²) in [5.74, 6) is -2.83. The minimum Gasteiger partial charge on any atom is -0.466 e. The van der Waals surface area contributed by atoms with Crippen molar-refractivity contribution in [2.24, 2.45) is 0 Å². The molecule has 0 aromatic rings. The standard InChI is InChI=1S/C13H21FO6/c1-5-13(4,14)12(17)20-9(11(16)19-7-3)8-10(15)18-6-2/h9H,5-8H2,1-4H3. The van der Waals surface area contributed by atoms with Crippen LogP contribution in [0.2, 0.25) is 0 Å². The Balaban J connectivity index is 4.81. The van der Waals surface area contributed by atoms with Crippen LogP contribution in [0.1, 0.15) is 40.5 Å². The number of halogens is 1. The molecule has 0 rings (SSSR count). The Kier molecular flexibility index (Phi) is 7.79. The van der Waals surface area contributed by atoms with Crippen molar-refractivity contribution in [1.29, 1.82) is 0 Å². The maximum Gasteiger partial charge on any atom is 0.348 e. The van der Waals surface area contributed by atoms with Crippen LogP contribution in [-0.4, -0.2) is 42.9 Å². The summed E-state index contributed by atoms with van der Waals surface area (Å²) >= 11 is 0. The SMILES string of the molecule is CCOC(=O)CC(OC(=O)C(C)(F)CC)C(=O)OCC. The number of hydrogen-bond donors (Lipinski definition) is 0. The first-order valence-electron chi connectivity index (χ1n) is 6.50. The van der Waals surface area contributed by atoms with Gasteiger partial charge in [-0.3, -0.25) is 4.79 Å². The maximum absolute atomic E-state index is 13.8. The third-order valence-electron chi connectivity index (χ3n) is 2.55. The first-order valence-corrected chi connectivity index (χ1v) is 6.50. The fourth-order valence-corrected chi connectivity index (χ4v) is 1.18. The molecule has 0 N–H and O–H groups in total. The molecule has 7 heteroatoms. The molecule has 6 nitrogen and oxygen atoms in total.